The van der Waals surface area contributed by atoms with Crippen LogP contribution in [0, 0.1) is 5.92 Å². The predicted octanol–water partition coefficient (Wildman–Crippen LogP) is 4.05. The van der Waals surface area contributed by atoms with E-state index in [-0.39, 0.29) is 12.3 Å². The quantitative estimate of drug-likeness (QED) is 0.860. The lowest BCUT2D eigenvalue weighted by Gasteiger charge is -2.11. The zero-order valence-electron chi connectivity index (χ0n) is 10.4. The van der Waals surface area contributed by atoms with Crippen LogP contribution in [0.5, 0.6) is 5.75 Å². The number of rotatable bonds is 6. The molecule has 1 atom stereocenters. The number of ether oxygens (including phenoxy) is 1. The predicted molar refractivity (Wildman–Crippen MR) is 72.8 cm³/mol. The molecule has 5 heteroatoms. The maximum atomic E-state index is 10.6. The van der Waals surface area contributed by atoms with Crippen molar-refractivity contribution in [3.8, 4) is 5.75 Å². The average molecular weight is 291 g/mol. The molecule has 0 radical (unpaired) electrons. The fourth-order valence-corrected chi connectivity index (χ4v) is 2.23. The van der Waals surface area contributed by atoms with Crippen LogP contribution in [0.25, 0.3) is 0 Å². The normalized spacial score (nSPS) is 12.2. The van der Waals surface area contributed by atoms with Gasteiger partial charge in [-0.05, 0) is 30.4 Å². The van der Waals surface area contributed by atoms with Crippen LogP contribution < -0.4 is 4.74 Å². The molecule has 0 heterocycles. The molecule has 0 aliphatic carbocycles. The maximum Gasteiger partial charge on any atom is 0.303 e. The van der Waals surface area contributed by atoms with Gasteiger partial charge in [0.15, 0.2) is 0 Å². The van der Waals surface area contributed by atoms with Crippen LogP contribution in [0.15, 0.2) is 12.1 Å². The van der Waals surface area contributed by atoms with Gasteiger partial charge in [0.05, 0.1) is 12.1 Å². The molecule has 0 aliphatic heterocycles. The summed E-state index contributed by atoms with van der Waals surface area (Å²) >= 11 is 12.1. The third kappa shape index (κ3) is 4.39. The first-order valence-corrected chi connectivity index (χ1v) is 6.43. The molecule has 0 fully saturated rings. The van der Waals surface area contributed by atoms with Crippen LogP contribution in [0.4, 0.5) is 0 Å². The fraction of sp³-hybridized carbons (Fsp3) is 0.462. The van der Waals surface area contributed by atoms with Gasteiger partial charge in [-0.3, -0.25) is 4.79 Å². The van der Waals surface area contributed by atoms with Crippen molar-refractivity contribution in [2.75, 3.05) is 7.11 Å². The van der Waals surface area contributed by atoms with Crippen LogP contribution in [0.1, 0.15) is 25.3 Å². The van der Waals surface area contributed by atoms with Crippen LogP contribution in [0.2, 0.25) is 10.0 Å². The average Bonchev–Trinajstić information content (AvgIpc) is 2.28. The smallest absolute Gasteiger partial charge is 0.303 e. The molecule has 1 N–H and O–H groups in total. The van der Waals surface area contributed by atoms with Crippen LogP contribution in [0.3, 0.4) is 0 Å². The first-order chi connectivity index (χ1) is 8.43. The monoisotopic (exact) mass is 290 g/mol. The van der Waals surface area contributed by atoms with Gasteiger partial charge in [0.1, 0.15) is 5.75 Å². The molecule has 0 spiro atoms. The van der Waals surface area contributed by atoms with E-state index in [0.717, 1.165) is 12.0 Å². The Morgan fingerprint density at radius 1 is 1.39 bits per heavy atom. The Morgan fingerprint density at radius 3 is 2.61 bits per heavy atom. The van der Waals surface area contributed by atoms with Gasteiger partial charge in [0.25, 0.3) is 0 Å². The Hall–Kier alpha value is -0.930. The topological polar surface area (TPSA) is 46.5 Å². The molecule has 1 aromatic carbocycles. The minimum Gasteiger partial charge on any atom is -0.495 e. The zero-order chi connectivity index (χ0) is 13.7. The SMILES string of the molecule is COc1cc(Cl)c(CCC(C)CC(=O)O)cc1Cl. The summed E-state index contributed by atoms with van der Waals surface area (Å²) in [6.45, 7) is 1.91. The van der Waals surface area contributed by atoms with Gasteiger partial charge in [-0.1, -0.05) is 30.1 Å². The largest absolute Gasteiger partial charge is 0.495 e. The second-order valence-electron chi connectivity index (χ2n) is 4.32. The van der Waals surface area contributed by atoms with Gasteiger partial charge in [-0.25, -0.2) is 0 Å². The van der Waals surface area contributed by atoms with Gasteiger partial charge < -0.3 is 9.84 Å². The van der Waals surface area contributed by atoms with Crippen molar-refractivity contribution in [2.45, 2.75) is 26.2 Å². The third-order valence-electron chi connectivity index (χ3n) is 2.75. The van der Waals surface area contributed by atoms with E-state index in [1.165, 1.54) is 7.11 Å². The number of carboxylic acids is 1. The molecule has 1 unspecified atom stereocenters. The number of carbonyl (C=O) groups is 1. The summed E-state index contributed by atoms with van der Waals surface area (Å²) in [5.74, 6) is -0.121. The molecule has 0 bridgehead atoms. The Labute approximate surface area is 117 Å². The molecule has 0 aliphatic rings. The van der Waals surface area contributed by atoms with Crippen LogP contribution in [-0.4, -0.2) is 18.2 Å². The van der Waals surface area contributed by atoms with Crippen molar-refractivity contribution >= 4 is 29.2 Å². The van der Waals surface area contributed by atoms with E-state index in [4.69, 9.17) is 33.0 Å². The lowest BCUT2D eigenvalue weighted by molar-refractivity contribution is -0.138. The Bertz CT molecular complexity index is 432. The number of halogens is 2. The molecule has 1 aromatic rings. The highest BCUT2D eigenvalue weighted by atomic mass is 35.5. The number of benzene rings is 1. The minimum atomic E-state index is -0.777. The highest BCUT2D eigenvalue weighted by molar-refractivity contribution is 6.34. The summed E-state index contributed by atoms with van der Waals surface area (Å²) in [4.78, 5) is 10.6. The van der Waals surface area contributed by atoms with Crippen LogP contribution >= 0.6 is 23.2 Å². The maximum absolute atomic E-state index is 10.6. The molecular weight excluding hydrogens is 275 g/mol. The first kappa shape index (κ1) is 15.1. The Morgan fingerprint density at radius 2 is 2.06 bits per heavy atom. The van der Waals surface area contributed by atoms with Gasteiger partial charge in [0, 0.05) is 17.5 Å². The lowest BCUT2D eigenvalue weighted by atomic mass is 9.98. The van der Waals surface area contributed by atoms with Crippen LogP contribution in [-0.2, 0) is 11.2 Å². The van der Waals surface area contributed by atoms with Crippen molar-refractivity contribution in [3.05, 3.63) is 27.7 Å². The van der Waals surface area contributed by atoms with Crippen molar-refractivity contribution in [3.63, 3.8) is 0 Å². The summed E-state index contributed by atoms with van der Waals surface area (Å²) < 4.78 is 5.06. The number of hydrogen-bond acceptors (Lipinski definition) is 2. The van der Waals surface area contributed by atoms with Gasteiger partial charge in [0.2, 0.25) is 0 Å². The fourth-order valence-electron chi connectivity index (χ4n) is 1.72. The number of carboxylic acid groups (broad SMARTS) is 1. The molecule has 0 saturated heterocycles. The molecule has 0 saturated carbocycles. The van der Waals surface area contributed by atoms with Gasteiger partial charge >= 0.3 is 5.97 Å². The summed E-state index contributed by atoms with van der Waals surface area (Å²) in [7, 11) is 1.53. The number of aliphatic carboxylic acids is 1. The van der Waals surface area contributed by atoms with E-state index in [1.54, 1.807) is 12.1 Å². The number of aryl methyl sites for hydroxylation is 1. The van der Waals surface area contributed by atoms with E-state index < -0.39 is 5.97 Å². The van der Waals surface area contributed by atoms with Crippen molar-refractivity contribution in [2.24, 2.45) is 5.92 Å². The molecule has 3 nitrogen and oxygen atoms in total. The summed E-state index contributed by atoms with van der Waals surface area (Å²) in [6, 6.07) is 3.46. The van der Waals surface area contributed by atoms with E-state index >= 15 is 0 Å². The summed E-state index contributed by atoms with van der Waals surface area (Å²) in [5.41, 5.74) is 0.916. The standard InChI is InChI=1S/C13H16Cl2O3/c1-8(5-13(16)17)3-4-9-6-11(15)12(18-2)7-10(9)14/h6-8H,3-5H2,1-2H3,(H,16,17). The third-order valence-corrected chi connectivity index (χ3v) is 3.40. The van der Waals surface area contributed by atoms with Gasteiger partial charge in [-0.2, -0.15) is 0 Å². The Balaban J connectivity index is 2.68. The summed E-state index contributed by atoms with van der Waals surface area (Å²) in [5, 5.41) is 9.80. The van der Waals surface area contributed by atoms with Crippen molar-refractivity contribution in [1.29, 1.82) is 0 Å². The van der Waals surface area contributed by atoms with Gasteiger partial charge in [-0.15, -0.1) is 0 Å². The molecule has 100 valence electrons. The highest BCUT2D eigenvalue weighted by Gasteiger charge is 2.11. The van der Waals surface area contributed by atoms with Crippen molar-refractivity contribution in [1.82, 2.24) is 0 Å². The van der Waals surface area contributed by atoms with E-state index in [1.807, 2.05) is 6.92 Å². The zero-order valence-corrected chi connectivity index (χ0v) is 11.9. The minimum absolute atomic E-state index is 0.111. The number of hydrogen-bond donors (Lipinski definition) is 1. The van der Waals surface area contributed by atoms with E-state index in [9.17, 15) is 4.79 Å². The molecule has 1 rings (SSSR count). The summed E-state index contributed by atoms with van der Waals surface area (Å²) in [6.07, 6.45) is 1.63. The first-order valence-electron chi connectivity index (χ1n) is 5.67. The molecule has 18 heavy (non-hydrogen) atoms. The molecule has 0 amide bonds. The second kappa shape index (κ2) is 6.86. The highest BCUT2D eigenvalue weighted by Crippen LogP contribution is 2.32. The van der Waals surface area contributed by atoms with E-state index in [2.05, 4.69) is 0 Å². The molecular formula is C13H16Cl2O3. The molecule has 0 aromatic heterocycles. The number of methoxy groups -OCH3 is 1. The second-order valence-corrected chi connectivity index (χ2v) is 5.13. The van der Waals surface area contributed by atoms with E-state index in [0.29, 0.717) is 22.2 Å². The Kier molecular flexibility index (Phi) is 5.76. The lowest BCUT2D eigenvalue weighted by Crippen LogP contribution is -2.05. The van der Waals surface area contributed by atoms with Crippen molar-refractivity contribution < 1.29 is 14.6 Å².